The summed E-state index contributed by atoms with van der Waals surface area (Å²) >= 11 is 0. The van der Waals surface area contributed by atoms with E-state index in [4.69, 9.17) is 13.9 Å². The number of para-hydroxylation sites is 2. The van der Waals surface area contributed by atoms with Gasteiger partial charge in [-0.05, 0) is 31.2 Å². The summed E-state index contributed by atoms with van der Waals surface area (Å²) in [7, 11) is 0. The number of carbonyl (C=O) groups excluding carboxylic acids is 1. The number of nitrogens with one attached hydrogen (secondary N) is 1. The number of aryl methyl sites for hydroxylation is 1. The summed E-state index contributed by atoms with van der Waals surface area (Å²) in [6, 6.07) is 17.0. The van der Waals surface area contributed by atoms with Crippen LogP contribution in [0.3, 0.4) is 0 Å². The van der Waals surface area contributed by atoms with Crippen LogP contribution in [0.5, 0.6) is 11.5 Å². The summed E-state index contributed by atoms with van der Waals surface area (Å²) < 4.78 is 17.1. The summed E-state index contributed by atoms with van der Waals surface area (Å²) in [5.74, 6) is 2.01. The van der Waals surface area contributed by atoms with Gasteiger partial charge in [0.2, 0.25) is 5.89 Å². The van der Waals surface area contributed by atoms with Crippen LogP contribution in [0, 0.1) is 6.92 Å². The molecule has 3 aromatic rings. The average molecular weight is 350 g/mol. The molecule has 6 nitrogen and oxygen atoms in total. The Kier molecular flexibility index (Phi) is 4.31. The van der Waals surface area contributed by atoms with Crippen LogP contribution in [0.2, 0.25) is 0 Å². The third-order valence-corrected chi connectivity index (χ3v) is 4.09. The van der Waals surface area contributed by atoms with Crippen molar-refractivity contribution >= 4 is 5.91 Å². The van der Waals surface area contributed by atoms with Gasteiger partial charge in [0, 0.05) is 5.56 Å². The molecule has 4 rings (SSSR count). The van der Waals surface area contributed by atoms with E-state index >= 15 is 0 Å². The van der Waals surface area contributed by atoms with Crippen molar-refractivity contribution in [1.82, 2.24) is 10.3 Å². The number of ether oxygens (including phenoxy) is 2. The Morgan fingerprint density at radius 3 is 2.65 bits per heavy atom. The van der Waals surface area contributed by atoms with E-state index in [1.807, 2.05) is 54.6 Å². The molecule has 0 aliphatic carbocycles. The number of nitrogens with zero attached hydrogens (tertiary/aromatic N) is 1. The summed E-state index contributed by atoms with van der Waals surface area (Å²) in [4.78, 5) is 16.8. The van der Waals surface area contributed by atoms with Crippen molar-refractivity contribution in [2.45, 2.75) is 13.0 Å². The monoisotopic (exact) mass is 350 g/mol. The molecule has 1 amide bonds. The van der Waals surface area contributed by atoms with Crippen LogP contribution in [0.4, 0.5) is 0 Å². The number of aromatic nitrogens is 1. The van der Waals surface area contributed by atoms with E-state index in [1.165, 1.54) is 0 Å². The van der Waals surface area contributed by atoms with Gasteiger partial charge in [-0.2, -0.15) is 0 Å². The number of amides is 1. The van der Waals surface area contributed by atoms with Crippen LogP contribution in [0.1, 0.15) is 16.2 Å². The highest BCUT2D eigenvalue weighted by Crippen LogP contribution is 2.30. The molecule has 0 spiro atoms. The normalized spacial score (nSPS) is 15.5. The van der Waals surface area contributed by atoms with Crippen LogP contribution >= 0.6 is 0 Å². The van der Waals surface area contributed by atoms with Gasteiger partial charge in [0.1, 0.15) is 18.5 Å². The van der Waals surface area contributed by atoms with Gasteiger partial charge < -0.3 is 19.2 Å². The van der Waals surface area contributed by atoms with E-state index < -0.39 is 0 Å². The first-order valence-electron chi connectivity index (χ1n) is 8.40. The zero-order valence-corrected chi connectivity index (χ0v) is 14.3. The van der Waals surface area contributed by atoms with Crippen LogP contribution in [-0.2, 0) is 0 Å². The van der Waals surface area contributed by atoms with Gasteiger partial charge in [0.15, 0.2) is 17.2 Å². The lowest BCUT2D eigenvalue weighted by molar-refractivity contribution is 0.0786. The first-order valence-corrected chi connectivity index (χ1v) is 8.40. The van der Waals surface area contributed by atoms with Gasteiger partial charge in [-0.3, -0.25) is 4.79 Å². The zero-order valence-electron chi connectivity index (χ0n) is 14.3. The van der Waals surface area contributed by atoms with Crippen molar-refractivity contribution in [1.29, 1.82) is 0 Å². The fourth-order valence-electron chi connectivity index (χ4n) is 2.77. The molecular formula is C20H18N2O4. The second kappa shape index (κ2) is 6.92. The molecule has 1 N–H and O–H groups in total. The molecular weight excluding hydrogens is 332 g/mol. The number of hydrogen-bond donors (Lipinski definition) is 1. The van der Waals surface area contributed by atoms with Gasteiger partial charge in [-0.25, -0.2) is 4.98 Å². The molecule has 1 atom stereocenters. The lowest BCUT2D eigenvalue weighted by Gasteiger charge is -2.26. The Bertz CT molecular complexity index is 921. The third-order valence-electron chi connectivity index (χ3n) is 4.09. The molecule has 2 heterocycles. The Morgan fingerprint density at radius 2 is 1.85 bits per heavy atom. The van der Waals surface area contributed by atoms with Gasteiger partial charge >= 0.3 is 0 Å². The minimum Gasteiger partial charge on any atom is -0.486 e. The Morgan fingerprint density at radius 1 is 1.12 bits per heavy atom. The first kappa shape index (κ1) is 16.2. The van der Waals surface area contributed by atoms with Gasteiger partial charge in [0.25, 0.3) is 5.91 Å². The van der Waals surface area contributed by atoms with Crippen LogP contribution in [0.25, 0.3) is 11.5 Å². The molecule has 0 unspecified atom stereocenters. The summed E-state index contributed by atoms with van der Waals surface area (Å²) in [5, 5.41) is 2.84. The van der Waals surface area contributed by atoms with E-state index in [2.05, 4.69) is 10.3 Å². The van der Waals surface area contributed by atoms with Gasteiger partial charge in [-0.15, -0.1) is 0 Å². The standard InChI is InChI=1S/C20H18N2O4/c1-13-18(22-20(25-13)14-7-3-2-4-8-14)19(23)21-11-15-12-24-16-9-5-6-10-17(16)26-15/h2-10,15H,11-12H2,1H3,(H,21,23)/t15-/m1/s1. The van der Waals surface area contributed by atoms with E-state index in [-0.39, 0.29) is 17.7 Å². The molecule has 1 aromatic heterocycles. The quantitative estimate of drug-likeness (QED) is 0.782. The highest BCUT2D eigenvalue weighted by Gasteiger charge is 2.23. The largest absolute Gasteiger partial charge is 0.486 e. The molecule has 1 aliphatic rings. The lowest BCUT2D eigenvalue weighted by atomic mass is 10.2. The fraction of sp³-hybridized carbons (Fsp3) is 0.200. The number of fused-ring (bicyclic) bond motifs is 1. The predicted molar refractivity (Wildman–Crippen MR) is 95.4 cm³/mol. The smallest absolute Gasteiger partial charge is 0.273 e. The van der Waals surface area contributed by atoms with Crippen molar-refractivity contribution in [3.63, 3.8) is 0 Å². The molecule has 0 saturated heterocycles. The highest BCUT2D eigenvalue weighted by molar-refractivity contribution is 5.93. The predicted octanol–water partition coefficient (Wildman–Crippen LogP) is 3.22. The minimum atomic E-state index is -0.295. The molecule has 1 aliphatic heterocycles. The van der Waals surface area contributed by atoms with Crippen LogP contribution in [-0.4, -0.2) is 30.1 Å². The second-order valence-electron chi connectivity index (χ2n) is 6.00. The molecule has 132 valence electrons. The Hall–Kier alpha value is -3.28. The molecule has 0 radical (unpaired) electrons. The summed E-state index contributed by atoms with van der Waals surface area (Å²) in [6.07, 6.45) is -0.255. The minimum absolute atomic E-state index is 0.255. The van der Waals surface area contributed by atoms with E-state index in [1.54, 1.807) is 6.92 Å². The Balaban J connectivity index is 1.41. The maximum Gasteiger partial charge on any atom is 0.273 e. The SMILES string of the molecule is Cc1oc(-c2ccccc2)nc1C(=O)NC[C@@H]1COc2ccccc2O1. The Labute approximate surface area is 150 Å². The number of rotatable bonds is 4. The fourth-order valence-corrected chi connectivity index (χ4v) is 2.77. The van der Waals surface area contributed by atoms with Crippen molar-refractivity contribution in [3.05, 3.63) is 66.1 Å². The molecule has 0 saturated carbocycles. The van der Waals surface area contributed by atoms with Crippen molar-refractivity contribution < 1.29 is 18.7 Å². The molecule has 2 aromatic carbocycles. The molecule has 26 heavy (non-hydrogen) atoms. The van der Waals surface area contributed by atoms with Crippen molar-refractivity contribution in [3.8, 4) is 23.0 Å². The average Bonchev–Trinajstić information content (AvgIpc) is 3.08. The van der Waals surface area contributed by atoms with Gasteiger partial charge in [0.05, 0.1) is 6.54 Å². The zero-order chi connectivity index (χ0) is 17.9. The number of hydrogen-bond acceptors (Lipinski definition) is 5. The number of carbonyl (C=O) groups is 1. The van der Waals surface area contributed by atoms with Crippen molar-refractivity contribution in [2.75, 3.05) is 13.2 Å². The first-order chi connectivity index (χ1) is 12.7. The third kappa shape index (κ3) is 3.26. The second-order valence-corrected chi connectivity index (χ2v) is 6.00. The van der Waals surface area contributed by atoms with Crippen LogP contribution < -0.4 is 14.8 Å². The molecule has 0 fully saturated rings. The highest BCUT2D eigenvalue weighted by atomic mass is 16.6. The van der Waals surface area contributed by atoms with Crippen molar-refractivity contribution in [2.24, 2.45) is 0 Å². The van der Waals surface area contributed by atoms with E-state index in [0.29, 0.717) is 30.6 Å². The maximum absolute atomic E-state index is 12.5. The topological polar surface area (TPSA) is 73.6 Å². The van der Waals surface area contributed by atoms with E-state index in [0.717, 1.165) is 11.3 Å². The maximum atomic E-state index is 12.5. The number of oxazole rings is 1. The molecule has 0 bridgehead atoms. The van der Waals surface area contributed by atoms with E-state index in [9.17, 15) is 4.79 Å². The number of benzene rings is 2. The summed E-state index contributed by atoms with van der Waals surface area (Å²) in [6.45, 7) is 2.43. The van der Waals surface area contributed by atoms with Gasteiger partial charge in [-0.1, -0.05) is 30.3 Å². The van der Waals surface area contributed by atoms with Crippen LogP contribution in [0.15, 0.2) is 59.0 Å². The molecule has 6 heteroatoms. The summed E-state index contributed by atoms with van der Waals surface area (Å²) in [5.41, 5.74) is 1.11. The lowest BCUT2D eigenvalue weighted by Crippen LogP contribution is -2.41.